The van der Waals surface area contributed by atoms with E-state index >= 15 is 0 Å². The lowest BCUT2D eigenvalue weighted by atomic mass is 9.98. The second-order valence-corrected chi connectivity index (χ2v) is 20.5. The number of carbonyl (C=O) groups excluding carboxylic acids is 8. The first-order valence-electron chi connectivity index (χ1n) is 25.8. The number of nitrogens with zero attached hydrogens (tertiary/aromatic N) is 1. The maximum Gasteiger partial charge on any atom is 0.326 e. The lowest BCUT2D eigenvalue weighted by Crippen LogP contribution is -2.62. The third-order valence-electron chi connectivity index (χ3n) is 12.0. The highest BCUT2D eigenvalue weighted by molar-refractivity contribution is 5.99. The highest BCUT2D eigenvalue weighted by atomic mass is 16.4. The largest absolute Gasteiger partial charge is 0.508 e. The molecule has 79 heavy (non-hydrogen) atoms. The molecule has 0 saturated carbocycles. The Bertz CT molecular complexity index is 2430. The zero-order valence-corrected chi connectivity index (χ0v) is 45.8. The summed E-state index contributed by atoms with van der Waals surface area (Å²) in [6.45, 7) is 12.7. The van der Waals surface area contributed by atoms with Crippen molar-refractivity contribution in [3.63, 3.8) is 0 Å². The molecule has 438 valence electrons. The topological polar surface area (TPSA) is 459 Å². The van der Waals surface area contributed by atoms with Crippen LogP contribution in [0.15, 0.2) is 53.5 Å². The van der Waals surface area contributed by atoms with E-state index in [1.54, 1.807) is 53.7 Å². The van der Waals surface area contributed by atoms with Crippen LogP contribution in [-0.4, -0.2) is 158 Å². The minimum Gasteiger partial charge on any atom is -0.508 e. The van der Waals surface area contributed by atoms with E-state index in [1.165, 1.54) is 43.3 Å². The number of phenolic OH excluding ortho intramolecular Hbond substituents is 2. The number of hydrogen-bond acceptors (Lipinski definition) is 15. The maximum absolute atomic E-state index is 14.3. The predicted octanol–water partition coefficient (Wildman–Crippen LogP) is -2.15. The molecule has 19 N–H and O–H groups in total. The van der Waals surface area contributed by atoms with Crippen molar-refractivity contribution in [2.24, 2.45) is 39.9 Å². The van der Waals surface area contributed by atoms with Crippen molar-refractivity contribution in [3.8, 4) is 11.5 Å². The Morgan fingerprint density at radius 3 is 1.32 bits per heavy atom. The molecule has 0 spiro atoms. The number of aliphatic hydroxyl groups is 1. The molecule has 0 radical (unpaired) electrons. The molecule has 0 heterocycles. The van der Waals surface area contributed by atoms with Crippen LogP contribution in [0, 0.1) is 17.8 Å². The zero-order chi connectivity index (χ0) is 59.8. The number of hydrogen-bond donors (Lipinski definition) is 16. The molecule has 2 rings (SSSR count). The van der Waals surface area contributed by atoms with Crippen LogP contribution < -0.4 is 59.7 Å². The maximum atomic E-state index is 14.3. The average molecular weight is 1110 g/mol. The van der Waals surface area contributed by atoms with Gasteiger partial charge in [-0.2, -0.15) is 0 Å². The fraction of sp³-hybridized carbons (Fsp3) is 0.558. The van der Waals surface area contributed by atoms with Gasteiger partial charge in [-0.1, -0.05) is 65.8 Å². The molecule has 8 amide bonds. The number of aliphatic carboxylic acids is 2. The van der Waals surface area contributed by atoms with Gasteiger partial charge in [0.2, 0.25) is 47.3 Å². The summed E-state index contributed by atoms with van der Waals surface area (Å²) in [6, 6.07) is -1.94. The second kappa shape index (κ2) is 32.6. The normalized spacial score (nSPS) is 15.0. The van der Waals surface area contributed by atoms with Gasteiger partial charge in [0.05, 0.1) is 18.6 Å². The number of carboxylic acids is 2. The Morgan fingerprint density at radius 1 is 0.494 bits per heavy atom. The molecule has 0 bridgehead atoms. The van der Waals surface area contributed by atoms with Crippen LogP contribution in [0.5, 0.6) is 11.5 Å². The SMILES string of the molecule is CC(C)C[C@H](NC(=O)[C@H](CCCN=C(N)N)NC(=O)[C@H](CC(=O)O)NC(=O)[C@@H](NC(=O)[C@H](Cc1ccc(O)cc1)NC(=O)[C@@H](NC(=O)[C@H](CC(C)C)NC(=O)[C@H](Cc1ccc(O)cc1)NC(=O)[C@H](C)N)C(C)C)[C@@H](C)O)C(=O)O. The van der Waals surface area contributed by atoms with E-state index < -0.39 is 132 Å². The van der Waals surface area contributed by atoms with Gasteiger partial charge in [0.15, 0.2) is 5.96 Å². The first-order chi connectivity index (χ1) is 36.9. The third-order valence-corrected chi connectivity index (χ3v) is 12.0. The number of nitrogens with one attached hydrogen (secondary N) is 8. The van der Waals surface area contributed by atoms with Crippen molar-refractivity contribution in [3.05, 3.63) is 59.7 Å². The van der Waals surface area contributed by atoms with Gasteiger partial charge in [-0.15, -0.1) is 0 Å². The van der Waals surface area contributed by atoms with Crippen molar-refractivity contribution in [1.29, 1.82) is 0 Å². The number of rotatable bonds is 33. The van der Waals surface area contributed by atoms with Gasteiger partial charge in [-0.3, -0.25) is 48.1 Å². The number of phenols is 2. The second-order valence-electron chi connectivity index (χ2n) is 20.5. The van der Waals surface area contributed by atoms with Crippen molar-refractivity contribution >= 4 is 65.2 Å². The summed E-state index contributed by atoms with van der Waals surface area (Å²) in [4.78, 5) is 139. The molecule has 27 nitrogen and oxygen atoms in total. The number of nitrogens with two attached hydrogens (primary N) is 3. The van der Waals surface area contributed by atoms with Crippen LogP contribution in [0.3, 0.4) is 0 Å². The summed E-state index contributed by atoms with van der Waals surface area (Å²) < 4.78 is 0. The summed E-state index contributed by atoms with van der Waals surface area (Å²) in [7, 11) is 0. The molecular formula is C52H80N12O15. The Hall–Kier alpha value is -8.07. The van der Waals surface area contributed by atoms with E-state index in [0.717, 1.165) is 6.92 Å². The Labute approximate surface area is 458 Å². The Balaban J connectivity index is 2.48. The van der Waals surface area contributed by atoms with Gasteiger partial charge in [0, 0.05) is 19.4 Å². The minimum absolute atomic E-state index is 0.0133. The van der Waals surface area contributed by atoms with Crippen molar-refractivity contribution in [1.82, 2.24) is 42.5 Å². The number of aromatic hydroxyl groups is 2. The van der Waals surface area contributed by atoms with E-state index in [4.69, 9.17) is 17.2 Å². The van der Waals surface area contributed by atoms with Crippen LogP contribution in [0.4, 0.5) is 0 Å². The van der Waals surface area contributed by atoms with Gasteiger partial charge in [0.25, 0.3) is 0 Å². The average Bonchev–Trinajstić information content (AvgIpc) is 3.34. The molecule has 10 atom stereocenters. The molecule has 0 aliphatic carbocycles. The van der Waals surface area contributed by atoms with E-state index in [9.17, 15) is 73.5 Å². The van der Waals surface area contributed by atoms with Gasteiger partial charge < -0.3 is 85.3 Å². The van der Waals surface area contributed by atoms with Crippen molar-refractivity contribution < 1.29 is 73.5 Å². The number of benzene rings is 2. The number of aliphatic imine (C=N–C) groups is 1. The minimum atomic E-state index is -1.96. The number of aliphatic hydroxyl groups excluding tert-OH is 1. The Morgan fingerprint density at radius 2 is 0.873 bits per heavy atom. The standard InChI is InChI=1S/C52H80N12O15/c1-25(2)20-35(59-45(72)36(58-43(70)28(7)53)22-30-11-15-32(66)16-12-30)47(74)63-41(27(5)6)49(76)60-37(23-31-13-17-33(67)18-14-31)48(75)64-42(29(8)65)50(77)61-38(24-40(68)69)46(73)57-34(10-9-19-56-52(54)55)44(71)62-39(51(78)79)21-26(3)4/h11-18,25-29,34-39,41-42,65-67H,9-10,19-24,53H2,1-8H3,(H,57,73)(H,58,70)(H,59,72)(H,60,76)(H,61,77)(H,62,71)(H,63,74)(H,64,75)(H,68,69)(H,78,79)(H4,54,55,56)/t28-,29+,34-,35-,36-,37-,38-,39-,41-,42-/m0/s1. The lowest BCUT2D eigenvalue weighted by Gasteiger charge is -2.30. The molecule has 2 aromatic rings. The first kappa shape index (κ1) is 67.0. The molecule has 0 aliphatic heterocycles. The van der Waals surface area contributed by atoms with Crippen LogP contribution >= 0.6 is 0 Å². The fourth-order valence-electron chi connectivity index (χ4n) is 7.80. The molecule has 0 aliphatic rings. The van der Waals surface area contributed by atoms with Gasteiger partial charge in [-0.25, -0.2) is 4.79 Å². The molecule has 0 aromatic heterocycles. The molecule has 0 fully saturated rings. The van der Waals surface area contributed by atoms with Crippen molar-refractivity contribution in [2.45, 2.75) is 161 Å². The summed E-state index contributed by atoms with van der Waals surface area (Å²) in [5.74, 6) is -12.2. The fourth-order valence-corrected chi connectivity index (χ4v) is 7.80. The molecule has 27 heteroatoms. The number of amides is 8. The zero-order valence-electron chi connectivity index (χ0n) is 45.8. The smallest absolute Gasteiger partial charge is 0.326 e. The summed E-state index contributed by atoms with van der Waals surface area (Å²) in [5, 5.41) is 70.0. The summed E-state index contributed by atoms with van der Waals surface area (Å²) in [5.41, 5.74) is 17.5. The van der Waals surface area contributed by atoms with Gasteiger partial charge >= 0.3 is 11.9 Å². The van der Waals surface area contributed by atoms with Crippen molar-refractivity contribution in [2.75, 3.05) is 6.54 Å². The first-order valence-corrected chi connectivity index (χ1v) is 25.8. The molecule has 0 unspecified atom stereocenters. The number of guanidine groups is 1. The summed E-state index contributed by atoms with van der Waals surface area (Å²) in [6.07, 6.45) is -3.26. The van der Waals surface area contributed by atoms with E-state index in [0.29, 0.717) is 11.1 Å². The third kappa shape index (κ3) is 24.4. The quantitative estimate of drug-likeness (QED) is 0.0206. The van der Waals surface area contributed by atoms with E-state index in [1.807, 2.05) is 0 Å². The highest BCUT2D eigenvalue weighted by Gasteiger charge is 2.37. The lowest BCUT2D eigenvalue weighted by molar-refractivity contribution is -0.144. The molecule has 0 saturated heterocycles. The number of carboxylic acid groups (broad SMARTS) is 2. The summed E-state index contributed by atoms with van der Waals surface area (Å²) >= 11 is 0. The van der Waals surface area contributed by atoms with Gasteiger partial charge in [-0.05, 0) is 92.7 Å². The van der Waals surface area contributed by atoms with Crippen LogP contribution in [-0.2, 0) is 60.8 Å². The van der Waals surface area contributed by atoms with Crippen LogP contribution in [0.2, 0.25) is 0 Å². The van der Waals surface area contributed by atoms with Gasteiger partial charge in [0.1, 0.15) is 59.8 Å². The highest BCUT2D eigenvalue weighted by Crippen LogP contribution is 2.16. The van der Waals surface area contributed by atoms with Crippen LogP contribution in [0.1, 0.15) is 98.6 Å². The van der Waals surface area contributed by atoms with E-state index in [2.05, 4.69) is 47.5 Å². The number of carbonyl (C=O) groups is 10. The Kier molecular flexibility index (Phi) is 27.7. The monoisotopic (exact) mass is 1110 g/mol. The predicted molar refractivity (Wildman–Crippen MR) is 288 cm³/mol. The van der Waals surface area contributed by atoms with E-state index in [-0.39, 0.29) is 74.4 Å². The molecule has 2 aromatic carbocycles. The van der Waals surface area contributed by atoms with Crippen LogP contribution in [0.25, 0.3) is 0 Å². The molecular weight excluding hydrogens is 1030 g/mol.